The van der Waals surface area contributed by atoms with Gasteiger partial charge in [-0.15, -0.1) is 0 Å². The van der Waals surface area contributed by atoms with E-state index in [2.05, 4.69) is 5.32 Å². The molecule has 1 unspecified atom stereocenters. The van der Waals surface area contributed by atoms with Gasteiger partial charge in [-0.2, -0.15) is 0 Å². The van der Waals surface area contributed by atoms with Crippen LogP contribution in [0.1, 0.15) is 11.6 Å². The third-order valence-corrected chi connectivity index (χ3v) is 2.74. The van der Waals surface area contributed by atoms with E-state index in [9.17, 15) is 9.90 Å². The monoisotopic (exact) mass is 235 g/mol. The first-order chi connectivity index (χ1) is 8.04. The lowest BCUT2D eigenvalue weighted by Crippen LogP contribution is -2.25. The number of amidine groups is 1. The zero-order valence-electron chi connectivity index (χ0n) is 9.52. The van der Waals surface area contributed by atoms with Crippen LogP contribution in [-0.2, 0) is 0 Å². The quantitative estimate of drug-likeness (QED) is 0.716. The van der Waals surface area contributed by atoms with Crippen molar-refractivity contribution in [3.05, 3.63) is 23.8 Å². The number of hydrogen-bond acceptors (Lipinski definition) is 4. The van der Waals surface area contributed by atoms with Crippen molar-refractivity contribution in [2.24, 2.45) is 0 Å². The van der Waals surface area contributed by atoms with Crippen molar-refractivity contribution in [1.82, 2.24) is 10.2 Å². The van der Waals surface area contributed by atoms with Crippen molar-refractivity contribution in [3.63, 3.8) is 0 Å². The fourth-order valence-electron chi connectivity index (χ4n) is 1.84. The average Bonchev–Trinajstić information content (AvgIpc) is 2.55. The number of carbonyl (C=O) groups is 1. The summed E-state index contributed by atoms with van der Waals surface area (Å²) in [6, 6.07) is 3.99. The largest absolute Gasteiger partial charge is 0.504 e. The van der Waals surface area contributed by atoms with Gasteiger partial charge in [0, 0.05) is 7.05 Å². The van der Waals surface area contributed by atoms with E-state index in [1.54, 1.807) is 19.2 Å². The summed E-state index contributed by atoms with van der Waals surface area (Å²) in [5, 5.41) is 19.6. The van der Waals surface area contributed by atoms with Crippen molar-refractivity contribution < 1.29 is 14.6 Å². The van der Waals surface area contributed by atoms with E-state index in [1.807, 2.05) is 0 Å². The molecule has 6 nitrogen and oxygen atoms in total. The number of hydrogen-bond donors (Lipinski definition) is 3. The summed E-state index contributed by atoms with van der Waals surface area (Å²) in [5.74, 6) is 0.469. The summed E-state index contributed by atoms with van der Waals surface area (Å²) in [4.78, 5) is 12.8. The molecule has 1 aromatic carbocycles. The lowest BCUT2D eigenvalue weighted by molar-refractivity contribution is 0.217. The highest BCUT2D eigenvalue weighted by molar-refractivity contribution is 6.05. The highest BCUT2D eigenvalue weighted by Gasteiger charge is 2.34. The first-order valence-electron chi connectivity index (χ1n) is 5.03. The minimum Gasteiger partial charge on any atom is -0.504 e. The van der Waals surface area contributed by atoms with Crippen LogP contribution in [0.5, 0.6) is 11.5 Å². The molecule has 0 aromatic heterocycles. The Hall–Kier alpha value is -2.24. The summed E-state index contributed by atoms with van der Waals surface area (Å²) >= 11 is 0. The van der Waals surface area contributed by atoms with Gasteiger partial charge in [0.15, 0.2) is 11.5 Å². The van der Waals surface area contributed by atoms with Gasteiger partial charge in [0.25, 0.3) is 0 Å². The summed E-state index contributed by atoms with van der Waals surface area (Å²) < 4.78 is 5.00. The van der Waals surface area contributed by atoms with E-state index in [0.29, 0.717) is 11.3 Å². The Morgan fingerprint density at radius 3 is 2.76 bits per heavy atom. The fourth-order valence-corrected chi connectivity index (χ4v) is 1.84. The molecule has 90 valence electrons. The summed E-state index contributed by atoms with van der Waals surface area (Å²) in [7, 11) is 3.06. The van der Waals surface area contributed by atoms with E-state index >= 15 is 0 Å². The minimum atomic E-state index is -0.461. The van der Waals surface area contributed by atoms with E-state index in [4.69, 9.17) is 10.1 Å². The van der Waals surface area contributed by atoms with E-state index < -0.39 is 6.04 Å². The van der Waals surface area contributed by atoms with Crippen molar-refractivity contribution in [2.45, 2.75) is 6.04 Å². The molecular weight excluding hydrogens is 222 g/mol. The number of ether oxygens (including phenoxy) is 1. The van der Waals surface area contributed by atoms with E-state index in [0.717, 1.165) is 0 Å². The van der Waals surface area contributed by atoms with Gasteiger partial charge in [0.2, 0.25) is 0 Å². The van der Waals surface area contributed by atoms with Crippen LogP contribution in [0.3, 0.4) is 0 Å². The molecule has 0 bridgehead atoms. The van der Waals surface area contributed by atoms with Gasteiger partial charge < -0.3 is 14.7 Å². The molecule has 0 spiro atoms. The first-order valence-corrected chi connectivity index (χ1v) is 5.03. The maximum absolute atomic E-state index is 11.4. The Bertz CT molecular complexity index is 487. The number of methoxy groups -OCH3 is 1. The van der Waals surface area contributed by atoms with Crippen LogP contribution in [0, 0.1) is 5.41 Å². The Kier molecular flexibility index (Phi) is 2.63. The fraction of sp³-hybridized carbons (Fsp3) is 0.273. The molecule has 2 amide bonds. The van der Waals surface area contributed by atoms with Gasteiger partial charge in [-0.25, -0.2) is 4.79 Å². The maximum atomic E-state index is 11.4. The first kappa shape index (κ1) is 11.3. The van der Waals surface area contributed by atoms with Gasteiger partial charge in [-0.3, -0.25) is 10.7 Å². The van der Waals surface area contributed by atoms with Gasteiger partial charge in [-0.1, -0.05) is 6.07 Å². The maximum Gasteiger partial charge on any atom is 0.323 e. The van der Waals surface area contributed by atoms with Crippen LogP contribution in [0.25, 0.3) is 0 Å². The number of nitrogens with one attached hydrogen (secondary N) is 2. The Labute approximate surface area is 98.3 Å². The molecule has 1 fully saturated rings. The number of phenols is 1. The van der Waals surface area contributed by atoms with Crippen molar-refractivity contribution >= 4 is 11.9 Å². The zero-order valence-corrected chi connectivity index (χ0v) is 9.52. The zero-order chi connectivity index (χ0) is 12.6. The van der Waals surface area contributed by atoms with Crippen molar-refractivity contribution in [1.29, 1.82) is 5.41 Å². The molecule has 1 aliphatic rings. The molecule has 0 saturated carbocycles. The van der Waals surface area contributed by atoms with Crippen LogP contribution in [0.15, 0.2) is 18.2 Å². The Balaban J connectivity index is 2.40. The number of carbonyl (C=O) groups excluding carboxylic acids is 1. The Morgan fingerprint density at radius 2 is 2.24 bits per heavy atom. The van der Waals surface area contributed by atoms with Crippen LogP contribution >= 0.6 is 0 Å². The number of phenolic OH excluding ortho intramolecular Hbond substituents is 1. The third-order valence-electron chi connectivity index (χ3n) is 2.74. The van der Waals surface area contributed by atoms with Crippen LogP contribution in [0.2, 0.25) is 0 Å². The number of rotatable bonds is 2. The second-order valence-electron chi connectivity index (χ2n) is 3.79. The van der Waals surface area contributed by atoms with Crippen LogP contribution < -0.4 is 10.1 Å². The van der Waals surface area contributed by atoms with E-state index in [-0.39, 0.29) is 17.6 Å². The summed E-state index contributed by atoms with van der Waals surface area (Å²) in [5.41, 5.74) is 0.713. The van der Waals surface area contributed by atoms with Gasteiger partial charge >= 0.3 is 6.03 Å². The van der Waals surface area contributed by atoms with Gasteiger partial charge in [0.1, 0.15) is 11.9 Å². The smallest absolute Gasteiger partial charge is 0.323 e. The molecule has 6 heteroatoms. The summed E-state index contributed by atoms with van der Waals surface area (Å²) in [6.07, 6.45) is 0. The molecule has 0 radical (unpaired) electrons. The molecule has 1 atom stereocenters. The van der Waals surface area contributed by atoms with Gasteiger partial charge in [-0.05, 0) is 17.7 Å². The number of aromatic hydroxyl groups is 1. The minimum absolute atomic E-state index is 0.0303. The van der Waals surface area contributed by atoms with Crippen molar-refractivity contribution in [2.75, 3.05) is 14.2 Å². The van der Waals surface area contributed by atoms with Gasteiger partial charge in [0.05, 0.1) is 7.11 Å². The number of likely N-dealkylation sites (N-methyl/N-ethyl adjacent to an activating group) is 1. The second kappa shape index (κ2) is 3.97. The molecule has 1 saturated heterocycles. The average molecular weight is 235 g/mol. The lowest BCUT2D eigenvalue weighted by atomic mass is 10.1. The van der Waals surface area contributed by atoms with Crippen LogP contribution in [-0.4, -0.2) is 36.0 Å². The predicted octanol–water partition coefficient (Wildman–Crippen LogP) is 1.07. The Morgan fingerprint density at radius 1 is 1.53 bits per heavy atom. The molecule has 17 heavy (non-hydrogen) atoms. The molecule has 1 heterocycles. The van der Waals surface area contributed by atoms with Crippen LogP contribution in [0.4, 0.5) is 4.79 Å². The third kappa shape index (κ3) is 1.77. The molecule has 0 aliphatic carbocycles. The SMILES string of the molecule is COc1cc(C2C(=N)NC(=O)N2C)ccc1O. The summed E-state index contributed by atoms with van der Waals surface area (Å²) in [6.45, 7) is 0. The number of amides is 2. The number of nitrogens with zero attached hydrogens (tertiary/aromatic N) is 1. The normalized spacial score (nSPS) is 19.4. The number of urea groups is 1. The van der Waals surface area contributed by atoms with E-state index in [1.165, 1.54) is 18.1 Å². The highest BCUT2D eigenvalue weighted by atomic mass is 16.5. The molecule has 1 aliphatic heterocycles. The molecule has 1 aromatic rings. The topological polar surface area (TPSA) is 85.7 Å². The molecule has 3 N–H and O–H groups in total. The lowest BCUT2D eigenvalue weighted by Gasteiger charge is -2.18. The molecule has 2 rings (SSSR count). The predicted molar refractivity (Wildman–Crippen MR) is 61.4 cm³/mol. The standard InChI is InChI=1S/C11H13N3O3/c1-14-9(10(12)13-11(14)16)6-3-4-7(15)8(5-6)17-2/h3-5,9,15H,1-2H3,(H2,12,13,16). The second-order valence-corrected chi connectivity index (χ2v) is 3.79. The highest BCUT2D eigenvalue weighted by Crippen LogP contribution is 2.32. The molecular formula is C11H13N3O3. The van der Waals surface area contributed by atoms with Crippen molar-refractivity contribution in [3.8, 4) is 11.5 Å². The number of benzene rings is 1.